The lowest BCUT2D eigenvalue weighted by Gasteiger charge is -2.21. The van der Waals surface area contributed by atoms with Crippen LogP contribution in [0, 0.1) is 0 Å². The van der Waals surface area contributed by atoms with Crippen LogP contribution >= 0.6 is 0 Å². The molecule has 0 saturated carbocycles. The first-order valence-electron chi connectivity index (χ1n) is 3.98. The van der Waals surface area contributed by atoms with Crippen molar-refractivity contribution in [2.75, 3.05) is 13.2 Å². The maximum absolute atomic E-state index is 9.21. The van der Waals surface area contributed by atoms with Crippen molar-refractivity contribution in [2.45, 2.75) is 38.9 Å². The van der Waals surface area contributed by atoms with E-state index in [2.05, 4.69) is 0 Å². The Morgan fingerprint density at radius 2 is 2.00 bits per heavy atom. The molecule has 0 aromatic carbocycles. The first-order valence-corrected chi connectivity index (χ1v) is 3.98. The summed E-state index contributed by atoms with van der Waals surface area (Å²) in [5.74, 6) is 0. The van der Waals surface area contributed by atoms with Gasteiger partial charge in [0, 0.05) is 0 Å². The lowest BCUT2D eigenvalue weighted by Crippen LogP contribution is -2.27. The number of rotatable bonds is 4. The van der Waals surface area contributed by atoms with Gasteiger partial charge in [0.15, 0.2) is 0 Å². The van der Waals surface area contributed by atoms with Crippen LogP contribution in [0.3, 0.4) is 0 Å². The Labute approximate surface area is 68.5 Å². The number of aliphatic hydroxyl groups is 1. The van der Waals surface area contributed by atoms with Gasteiger partial charge in [-0.3, -0.25) is 0 Å². The van der Waals surface area contributed by atoms with E-state index in [1.165, 1.54) is 0 Å². The van der Waals surface area contributed by atoms with Crippen molar-refractivity contribution in [3.8, 4) is 0 Å². The Morgan fingerprint density at radius 3 is 2.36 bits per heavy atom. The van der Waals surface area contributed by atoms with Crippen molar-refractivity contribution in [3.63, 3.8) is 0 Å². The first kappa shape index (κ1) is 10.9. The van der Waals surface area contributed by atoms with E-state index in [-0.39, 0.29) is 5.60 Å². The first-order chi connectivity index (χ1) is 4.95. The molecule has 1 atom stereocenters. The molecule has 0 saturated heterocycles. The highest BCUT2D eigenvalue weighted by Crippen LogP contribution is 2.07. The van der Waals surface area contributed by atoms with Crippen molar-refractivity contribution < 1.29 is 9.84 Å². The largest absolute Gasteiger partial charge is 0.391 e. The van der Waals surface area contributed by atoms with E-state index >= 15 is 0 Å². The number of ether oxygens (including phenoxy) is 1. The van der Waals surface area contributed by atoms with Gasteiger partial charge in [-0.25, -0.2) is 0 Å². The van der Waals surface area contributed by atoms with Gasteiger partial charge in [-0.2, -0.15) is 0 Å². The molecule has 0 aromatic rings. The van der Waals surface area contributed by atoms with Crippen molar-refractivity contribution >= 4 is 0 Å². The van der Waals surface area contributed by atoms with Gasteiger partial charge in [0.1, 0.15) is 0 Å². The number of aliphatic hydroxyl groups excluding tert-OH is 1. The lowest BCUT2D eigenvalue weighted by atomic mass is 10.2. The van der Waals surface area contributed by atoms with Gasteiger partial charge < -0.3 is 15.6 Å². The van der Waals surface area contributed by atoms with Crippen molar-refractivity contribution in [3.05, 3.63) is 0 Å². The van der Waals surface area contributed by atoms with Gasteiger partial charge in [0.25, 0.3) is 0 Å². The van der Waals surface area contributed by atoms with Gasteiger partial charge in [0.2, 0.25) is 0 Å². The Kier molecular flexibility index (Phi) is 4.65. The fourth-order valence-corrected chi connectivity index (χ4v) is 0.622. The second kappa shape index (κ2) is 4.70. The molecule has 3 heteroatoms. The molecule has 0 amide bonds. The fraction of sp³-hybridized carbons (Fsp3) is 1.00. The Balaban J connectivity index is 3.38. The van der Waals surface area contributed by atoms with E-state index in [1.807, 2.05) is 20.8 Å². The number of nitrogens with two attached hydrogens (primary N) is 1. The van der Waals surface area contributed by atoms with Crippen molar-refractivity contribution in [1.29, 1.82) is 0 Å². The van der Waals surface area contributed by atoms with Crippen LogP contribution in [0.15, 0.2) is 0 Å². The predicted molar refractivity (Wildman–Crippen MR) is 45.4 cm³/mol. The molecule has 3 nitrogen and oxygen atoms in total. The molecule has 68 valence electrons. The molecule has 0 aliphatic rings. The SMILES string of the molecule is CC(C)(C)OC[C@@H](O)CCN. The minimum Gasteiger partial charge on any atom is -0.391 e. The highest BCUT2D eigenvalue weighted by atomic mass is 16.5. The average Bonchev–Trinajstić information content (AvgIpc) is 1.83. The van der Waals surface area contributed by atoms with E-state index in [9.17, 15) is 5.11 Å². The third-order valence-corrected chi connectivity index (χ3v) is 1.21. The van der Waals surface area contributed by atoms with E-state index in [0.29, 0.717) is 19.6 Å². The van der Waals surface area contributed by atoms with E-state index in [1.54, 1.807) is 0 Å². The maximum atomic E-state index is 9.21. The molecular weight excluding hydrogens is 142 g/mol. The van der Waals surface area contributed by atoms with E-state index in [0.717, 1.165) is 0 Å². The van der Waals surface area contributed by atoms with Crippen molar-refractivity contribution in [2.24, 2.45) is 5.73 Å². The zero-order valence-electron chi connectivity index (χ0n) is 7.63. The molecule has 0 fully saturated rings. The van der Waals surface area contributed by atoms with Crippen LogP contribution in [-0.2, 0) is 4.74 Å². The smallest absolute Gasteiger partial charge is 0.0786 e. The summed E-state index contributed by atoms with van der Waals surface area (Å²) >= 11 is 0. The summed E-state index contributed by atoms with van der Waals surface area (Å²) in [6.07, 6.45) is 0.190. The van der Waals surface area contributed by atoms with E-state index < -0.39 is 6.10 Å². The molecule has 0 heterocycles. The minimum atomic E-state index is -0.417. The van der Waals surface area contributed by atoms with Crippen LogP contribution in [0.5, 0.6) is 0 Å². The number of hydrogen-bond acceptors (Lipinski definition) is 3. The van der Waals surface area contributed by atoms with Gasteiger partial charge in [-0.15, -0.1) is 0 Å². The van der Waals surface area contributed by atoms with Crippen LogP contribution in [0.4, 0.5) is 0 Å². The van der Waals surface area contributed by atoms with Crippen LogP contribution < -0.4 is 5.73 Å². The molecule has 0 bridgehead atoms. The third kappa shape index (κ3) is 7.78. The molecule has 0 rings (SSSR count). The van der Waals surface area contributed by atoms with Crippen LogP contribution in [-0.4, -0.2) is 30.0 Å². The lowest BCUT2D eigenvalue weighted by molar-refractivity contribution is -0.0497. The standard InChI is InChI=1S/C8H19NO2/c1-8(2,3)11-6-7(10)4-5-9/h7,10H,4-6,9H2,1-3H3/t7-/m0/s1. The Hall–Kier alpha value is -0.120. The molecule has 0 aliphatic heterocycles. The van der Waals surface area contributed by atoms with Crippen LogP contribution in [0.1, 0.15) is 27.2 Å². The van der Waals surface area contributed by atoms with Crippen LogP contribution in [0.2, 0.25) is 0 Å². The molecule has 11 heavy (non-hydrogen) atoms. The summed E-state index contributed by atoms with van der Waals surface area (Å²) in [5.41, 5.74) is 5.08. The predicted octanol–water partition coefficient (Wildman–Crippen LogP) is 0.511. The van der Waals surface area contributed by atoms with Crippen molar-refractivity contribution in [1.82, 2.24) is 0 Å². The summed E-state index contributed by atoms with van der Waals surface area (Å²) in [6.45, 7) is 6.77. The zero-order chi connectivity index (χ0) is 8.91. The van der Waals surface area contributed by atoms with Gasteiger partial charge in [-0.05, 0) is 33.7 Å². The topological polar surface area (TPSA) is 55.5 Å². The highest BCUT2D eigenvalue weighted by Gasteiger charge is 2.12. The van der Waals surface area contributed by atoms with Gasteiger partial charge >= 0.3 is 0 Å². The Bertz CT molecular complexity index is 98.8. The number of hydrogen-bond donors (Lipinski definition) is 2. The van der Waals surface area contributed by atoms with E-state index in [4.69, 9.17) is 10.5 Å². The Morgan fingerprint density at radius 1 is 1.45 bits per heavy atom. The normalized spacial score (nSPS) is 15.0. The maximum Gasteiger partial charge on any atom is 0.0786 e. The molecule has 0 unspecified atom stereocenters. The highest BCUT2D eigenvalue weighted by molar-refractivity contribution is 4.62. The summed E-state index contributed by atoms with van der Waals surface area (Å²) < 4.78 is 5.34. The minimum absolute atomic E-state index is 0.171. The summed E-state index contributed by atoms with van der Waals surface area (Å²) in [7, 11) is 0. The molecule has 0 radical (unpaired) electrons. The van der Waals surface area contributed by atoms with Gasteiger partial charge in [0.05, 0.1) is 18.3 Å². The summed E-state index contributed by atoms with van der Waals surface area (Å²) in [6, 6.07) is 0. The second-order valence-electron chi connectivity index (χ2n) is 3.65. The monoisotopic (exact) mass is 161 g/mol. The van der Waals surface area contributed by atoms with Crippen LogP contribution in [0.25, 0.3) is 0 Å². The molecule has 0 aliphatic carbocycles. The average molecular weight is 161 g/mol. The molecular formula is C8H19NO2. The zero-order valence-corrected chi connectivity index (χ0v) is 7.63. The molecule has 0 spiro atoms. The quantitative estimate of drug-likeness (QED) is 0.631. The summed E-state index contributed by atoms with van der Waals surface area (Å²) in [4.78, 5) is 0. The third-order valence-electron chi connectivity index (χ3n) is 1.21. The molecule has 0 aromatic heterocycles. The fourth-order valence-electron chi connectivity index (χ4n) is 0.622. The summed E-state index contributed by atoms with van der Waals surface area (Å²) in [5, 5.41) is 9.21. The van der Waals surface area contributed by atoms with Gasteiger partial charge in [-0.1, -0.05) is 0 Å². The second-order valence-corrected chi connectivity index (χ2v) is 3.65. The molecule has 3 N–H and O–H groups in total.